The molecule has 1 amide bonds. The largest absolute Gasteiger partial charge is 0.475 e. The maximum absolute atomic E-state index is 12.0. The molecular formula is C14H15NO4. The van der Waals surface area contributed by atoms with Crippen molar-refractivity contribution >= 4 is 11.9 Å². The predicted molar refractivity (Wildman–Crippen MR) is 66.4 cm³/mol. The number of fused-ring (bicyclic) bond motifs is 2. The van der Waals surface area contributed by atoms with E-state index in [0.717, 1.165) is 12.8 Å². The van der Waals surface area contributed by atoms with E-state index < -0.39 is 5.97 Å². The number of carbonyl (C=O) groups excluding carboxylic acids is 1. The second-order valence-corrected chi connectivity index (χ2v) is 5.18. The molecule has 1 fully saturated rings. The molecule has 0 aliphatic heterocycles. The molecule has 3 unspecified atom stereocenters. The summed E-state index contributed by atoms with van der Waals surface area (Å²) in [5.41, 5.74) is 0. The van der Waals surface area contributed by atoms with Gasteiger partial charge in [0, 0.05) is 5.92 Å². The molecule has 1 aromatic heterocycles. The van der Waals surface area contributed by atoms with E-state index in [1.54, 1.807) is 6.07 Å². The van der Waals surface area contributed by atoms with Gasteiger partial charge in [-0.2, -0.15) is 0 Å². The van der Waals surface area contributed by atoms with Gasteiger partial charge in [-0.25, -0.2) is 4.79 Å². The zero-order valence-corrected chi connectivity index (χ0v) is 10.3. The molecule has 3 atom stereocenters. The monoisotopic (exact) mass is 261 g/mol. The van der Waals surface area contributed by atoms with Crippen molar-refractivity contribution in [2.24, 2.45) is 17.8 Å². The zero-order valence-electron chi connectivity index (χ0n) is 10.3. The highest BCUT2D eigenvalue weighted by Gasteiger charge is 2.39. The van der Waals surface area contributed by atoms with Crippen LogP contribution in [0.25, 0.3) is 0 Å². The number of allylic oxidation sites excluding steroid dienone is 2. The minimum absolute atomic E-state index is 0.0325. The van der Waals surface area contributed by atoms with Crippen molar-refractivity contribution < 1.29 is 19.1 Å². The summed E-state index contributed by atoms with van der Waals surface area (Å²) in [4.78, 5) is 22.7. The normalized spacial score (nSPS) is 27.7. The average Bonchev–Trinajstić information content (AvgIpc) is 3.11. The molecule has 1 saturated carbocycles. The number of carbonyl (C=O) groups is 2. The summed E-state index contributed by atoms with van der Waals surface area (Å²) in [7, 11) is 0. The van der Waals surface area contributed by atoms with E-state index in [-0.39, 0.29) is 24.1 Å². The number of rotatable bonds is 4. The van der Waals surface area contributed by atoms with Crippen molar-refractivity contribution in [1.29, 1.82) is 0 Å². The second kappa shape index (κ2) is 4.57. The maximum Gasteiger partial charge on any atom is 0.371 e. The number of hydrogen-bond donors (Lipinski definition) is 2. The van der Waals surface area contributed by atoms with Gasteiger partial charge >= 0.3 is 5.97 Å². The lowest BCUT2D eigenvalue weighted by Crippen LogP contribution is -2.32. The van der Waals surface area contributed by atoms with Gasteiger partial charge < -0.3 is 14.8 Å². The first-order valence-electron chi connectivity index (χ1n) is 6.41. The highest BCUT2D eigenvalue weighted by molar-refractivity contribution is 5.84. The minimum atomic E-state index is -1.10. The fourth-order valence-electron chi connectivity index (χ4n) is 2.98. The molecule has 2 aliphatic rings. The van der Waals surface area contributed by atoms with E-state index in [9.17, 15) is 9.59 Å². The topological polar surface area (TPSA) is 79.5 Å². The standard InChI is InChI=1S/C14H15NO4/c16-13(11-6-8-1-2-9(11)5-8)15-7-10-3-4-12(19-10)14(17)18/h1-4,8-9,11H,5-7H2,(H,15,16)(H,17,18). The van der Waals surface area contributed by atoms with Crippen LogP contribution < -0.4 is 5.32 Å². The quantitative estimate of drug-likeness (QED) is 0.810. The summed E-state index contributed by atoms with van der Waals surface area (Å²) in [5, 5.41) is 11.5. The molecule has 0 radical (unpaired) electrons. The number of carboxylic acid groups (broad SMARTS) is 1. The molecule has 0 saturated heterocycles. The van der Waals surface area contributed by atoms with Crippen LogP contribution in [-0.2, 0) is 11.3 Å². The highest BCUT2D eigenvalue weighted by atomic mass is 16.4. The second-order valence-electron chi connectivity index (χ2n) is 5.18. The van der Waals surface area contributed by atoms with Crippen molar-refractivity contribution in [3.8, 4) is 0 Å². The van der Waals surface area contributed by atoms with E-state index in [2.05, 4.69) is 17.5 Å². The number of hydrogen-bond acceptors (Lipinski definition) is 3. The fourth-order valence-corrected chi connectivity index (χ4v) is 2.98. The molecule has 1 aromatic rings. The van der Waals surface area contributed by atoms with Gasteiger partial charge in [0.2, 0.25) is 11.7 Å². The number of nitrogens with one attached hydrogen (secondary N) is 1. The first-order valence-corrected chi connectivity index (χ1v) is 6.41. The zero-order chi connectivity index (χ0) is 13.4. The van der Waals surface area contributed by atoms with Gasteiger partial charge in [0.05, 0.1) is 6.54 Å². The number of furan rings is 1. The molecule has 0 aromatic carbocycles. The van der Waals surface area contributed by atoms with Gasteiger partial charge in [-0.15, -0.1) is 0 Å². The Kier molecular flexibility index (Phi) is 2.89. The van der Waals surface area contributed by atoms with Crippen LogP contribution in [0.5, 0.6) is 0 Å². The Bertz CT molecular complexity index is 545. The van der Waals surface area contributed by atoms with Crippen molar-refractivity contribution in [1.82, 2.24) is 5.32 Å². The molecule has 100 valence electrons. The van der Waals surface area contributed by atoms with Gasteiger partial charge in [-0.1, -0.05) is 12.2 Å². The van der Waals surface area contributed by atoms with Gasteiger partial charge in [0.25, 0.3) is 0 Å². The van der Waals surface area contributed by atoms with Gasteiger partial charge in [-0.3, -0.25) is 4.79 Å². The van der Waals surface area contributed by atoms with Gasteiger partial charge in [-0.05, 0) is 36.8 Å². The number of aromatic carboxylic acids is 1. The lowest BCUT2D eigenvalue weighted by molar-refractivity contribution is -0.126. The molecule has 2 aliphatic carbocycles. The van der Waals surface area contributed by atoms with Crippen LogP contribution in [0.15, 0.2) is 28.7 Å². The molecule has 1 heterocycles. The Labute approximate surface area is 110 Å². The van der Waals surface area contributed by atoms with Crippen LogP contribution in [0.2, 0.25) is 0 Å². The average molecular weight is 261 g/mol. The van der Waals surface area contributed by atoms with E-state index in [1.807, 2.05) is 0 Å². The smallest absolute Gasteiger partial charge is 0.371 e. The molecule has 2 bridgehead atoms. The van der Waals surface area contributed by atoms with Crippen LogP contribution in [0.1, 0.15) is 29.2 Å². The fraction of sp³-hybridized carbons (Fsp3) is 0.429. The van der Waals surface area contributed by atoms with E-state index in [4.69, 9.17) is 9.52 Å². The summed E-state index contributed by atoms with van der Waals surface area (Å²) in [6.07, 6.45) is 6.33. The third-order valence-electron chi connectivity index (χ3n) is 3.92. The molecule has 0 spiro atoms. The molecule has 3 rings (SSSR count). The van der Waals surface area contributed by atoms with Crippen molar-refractivity contribution in [2.45, 2.75) is 19.4 Å². The summed E-state index contributed by atoms with van der Waals surface area (Å²) in [6, 6.07) is 2.97. The van der Waals surface area contributed by atoms with Crippen LogP contribution in [-0.4, -0.2) is 17.0 Å². The van der Waals surface area contributed by atoms with Crippen LogP contribution in [0.3, 0.4) is 0 Å². The Hall–Kier alpha value is -2.04. The molecule has 5 nitrogen and oxygen atoms in total. The van der Waals surface area contributed by atoms with Crippen LogP contribution in [0, 0.1) is 17.8 Å². The van der Waals surface area contributed by atoms with Crippen molar-refractivity contribution in [3.63, 3.8) is 0 Å². The van der Waals surface area contributed by atoms with Gasteiger partial charge in [0.15, 0.2) is 0 Å². The minimum Gasteiger partial charge on any atom is -0.475 e. The van der Waals surface area contributed by atoms with Crippen LogP contribution in [0.4, 0.5) is 0 Å². The molecule has 19 heavy (non-hydrogen) atoms. The predicted octanol–water partition coefficient (Wildman–Crippen LogP) is 1.81. The lowest BCUT2D eigenvalue weighted by atomic mass is 9.93. The number of carboxylic acids is 1. The third-order valence-corrected chi connectivity index (χ3v) is 3.92. The Morgan fingerprint density at radius 1 is 1.32 bits per heavy atom. The first kappa shape index (κ1) is 12.0. The van der Waals surface area contributed by atoms with Gasteiger partial charge in [0.1, 0.15) is 5.76 Å². The maximum atomic E-state index is 12.0. The highest BCUT2D eigenvalue weighted by Crippen LogP contribution is 2.43. The Morgan fingerprint density at radius 2 is 2.16 bits per heavy atom. The molecule has 5 heteroatoms. The van der Waals surface area contributed by atoms with E-state index in [1.165, 1.54) is 6.07 Å². The van der Waals surface area contributed by atoms with Crippen molar-refractivity contribution in [3.05, 3.63) is 35.8 Å². The lowest BCUT2D eigenvalue weighted by Gasteiger charge is -2.16. The third kappa shape index (κ3) is 2.28. The molecule has 2 N–H and O–H groups in total. The number of amides is 1. The summed E-state index contributed by atoms with van der Waals surface area (Å²) in [5.74, 6) is 0.278. The summed E-state index contributed by atoms with van der Waals surface area (Å²) < 4.78 is 5.09. The first-order chi connectivity index (χ1) is 9.13. The van der Waals surface area contributed by atoms with E-state index in [0.29, 0.717) is 17.6 Å². The Balaban J connectivity index is 1.55. The summed E-state index contributed by atoms with van der Waals surface area (Å²) >= 11 is 0. The van der Waals surface area contributed by atoms with Crippen molar-refractivity contribution in [2.75, 3.05) is 0 Å². The van der Waals surface area contributed by atoms with Crippen LogP contribution >= 0.6 is 0 Å². The summed E-state index contributed by atoms with van der Waals surface area (Å²) in [6.45, 7) is 0.240. The molecular weight excluding hydrogens is 246 g/mol. The SMILES string of the molecule is O=C(O)c1ccc(CNC(=O)C2CC3C=CC2C3)o1. The van der Waals surface area contributed by atoms with E-state index >= 15 is 0 Å². The Morgan fingerprint density at radius 3 is 2.74 bits per heavy atom.